The van der Waals surface area contributed by atoms with Crippen molar-refractivity contribution in [1.82, 2.24) is 9.47 Å². The number of carbonyl (C=O) groups excluding carboxylic acids is 1. The number of aromatic nitrogens is 1. The molecule has 0 saturated carbocycles. The van der Waals surface area contributed by atoms with Gasteiger partial charge in [-0.2, -0.15) is 5.26 Å². The normalized spacial score (nSPS) is 14.1. The van der Waals surface area contributed by atoms with E-state index in [1.807, 2.05) is 43.6 Å². The van der Waals surface area contributed by atoms with Crippen LogP contribution < -0.4 is 4.90 Å². The minimum atomic E-state index is -0.0453. The van der Waals surface area contributed by atoms with Crippen molar-refractivity contribution >= 4 is 28.6 Å². The standard InChI is InChI=1S/C26H28N4O2/c1-28(19-21-7-10-23(11-8-21)29-15-17-32-18-16-29)26(31)12-9-22-20-30(14-4-13-27)25-6-3-2-5-24(22)25/h2-3,5-12,20H,4,14-19H2,1H3/b12-9+. The van der Waals surface area contributed by atoms with Crippen LogP contribution in [0.5, 0.6) is 0 Å². The fraction of sp³-hybridized carbons (Fsp3) is 0.308. The van der Waals surface area contributed by atoms with Crippen LogP contribution in [0.2, 0.25) is 0 Å². The molecule has 1 saturated heterocycles. The Morgan fingerprint density at radius 2 is 1.91 bits per heavy atom. The number of benzene rings is 2. The lowest BCUT2D eigenvalue weighted by molar-refractivity contribution is -0.125. The number of anilines is 1. The van der Waals surface area contributed by atoms with Gasteiger partial charge in [-0.05, 0) is 29.8 Å². The molecule has 0 aliphatic carbocycles. The van der Waals surface area contributed by atoms with Gasteiger partial charge < -0.3 is 19.1 Å². The van der Waals surface area contributed by atoms with E-state index in [9.17, 15) is 4.79 Å². The molecule has 0 N–H and O–H groups in total. The van der Waals surface area contributed by atoms with Gasteiger partial charge in [-0.15, -0.1) is 0 Å². The Balaban J connectivity index is 1.41. The van der Waals surface area contributed by atoms with Crippen molar-refractivity contribution in [3.8, 4) is 6.07 Å². The number of likely N-dealkylation sites (N-methyl/N-ethyl adjacent to an activating group) is 1. The predicted molar refractivity (Wildman–Crippen MR) is 127 cm³/mol. The first-order valence-electron chi connectivity index (χ1n) is 11.0. The van der Waals surface area contributed by atoms with Gasteiger partial charge in [-0.1, -0.05) is 30.3 Å². The molecular weight excluding hydrogens is 400 g/mol. The molecule has 32 heavy (non-hydrogen) atoms. The van der Waals surface area contributed by atoms with Gasteiger partial charge in [-0.25, -0.2) is 0 Å². The topological polar surface area (TPSA) is 61.5 Å². The summed E-state index contributed by atoms with van der Waals surface area (Å²) >= 11 is 0. The number of para-hydroxylation sites is 1. The second kappa shape index (κ2) is 10.2. The van der Waals surface area contributed by atoms with Crippen molar-refractivity contribution in [3.63, 3.8) is 0 Å². The van der Waals surface area contributed by atoms with Gasteiger partial charge in [-0.3, -0.25) is 4.79 Å². The molecule has 1 amide bonds. The van der Waals surface area contributed by atoms with E-state index in [1.165, 1.54) is 5.69 Å². The predicted octanol–water partition coefficient (Wildman–Crippen LogP) is 4.06. The molecule has 2 aromatic carbocycles. The highest BCUT2D eigenvalue weighted by atomic mass is 16.5. The van der Waals surface area contributed by atoms with Crippen molar-refractivity contribution in [2.24, 2.45) is 0 Å². The van der Waals surface area contributed by atoms with E-state index >= 15 is 0 Å². The molecule has 0 radical (unpaired) electrons. The molecule has 2 heterocycles. The van der Waals surface area contributed by atoms with Gasteiger partial charge >= 0.3 is 0 Å². The minimum Gasteiger partial charge on any atom is -0.378 e. The molecule has 1 aliphatic heterocycles. The van der Waals surface area contributed by atoms with E-state index in [1.54, 1.807) is 11.0 Å². The highest BCUT2D eigenvalue weighted by molar-refractivity contribution is 5.96. The molecule has 3 aromatic rings. The Morgan fingerprint density at radius 3 is 2.66 bits per heavy atom. The second-order valence-corrected chi connectivity index (χ2v) is 8.00. The number of ether oxygens (including phenoxy) is 1. The van der Waals surface area contributed by atoms with Crippen molar-refractivity contribution in [1.29, 1.82) is 5.26 Å². The Bertz CT molecular complexity index is 1130. The minimum absolute atomic E-state index is 0.0453. The lowest BCUT2D eigenvalue weighted by Crippen LogP contribution is -2.36. The summed E-state index contributed by atoms with van der Waals surface area (Å²) in [5.41, 5.74) is 4.34. The maximum Gasteiger partial charge on any atom is 0.246 e. The van der Waals surface area contributed by atoms with Crippen LogP contribution in [0.3, 0.4) is 0 Å². The lowest BCUT2D eigenvalue weighted by atomic mass is 10.1. The van der Waals surface area contributed by atoms with Crippen molar-refractivity contribution in [2.45, 2.75) is 19.5 Å². The summed E-state index contributed by atoms with van der Waals surface area (Å²) in [4.78, 5) is 16.8. The van der Waals surface area contributed by atoms with Crippen LogP contribution in [-0.2, 0) is 22.6 Å². The van der Waals surface area contributed by atoms with Crippen molar-refractivity contribution in [2.75, 3.05) is 38.3 Å². The largest absolute Gasteiger partial charge is 0.378 e. The van der Waals surface area contributed by atoms with Gasteiger partial charge in [0.25, 0.3) is 0 Å². The number of nitriles is 1. The third-order valence-electron chi connectivity index (χ3n) is 5.80. The van der Waals surface area contributed by atoms with E-state index in [0.29, 0.717) is 19.5 Å². The molecule has 4 rings (SSSR count). The highest BCUT2D eigenvalue weighted by Gasteiger charge is 2.12. The van der Waals surface area contributed by atoms with E-state index < -0.39 is 0 Å². The summed E-state index contributed by atoms with van der Waals surface area (Å²) in [7, 11) is 1.82. The van der Waals surface area contributed by atoms with Crippen LogP contribution in [-0.4, -0.2) is 48.7 Å². The van der Waals surface area contributed by atoms with E-state index in [0.717, 1.165) is 48.3 Å². The monoisotopic (exact) mass is 428 g/mol. The Labute approximate surface area is 188 Å². The third kappa shape index (κ3) is 5.01. The lowest BCUT2D eigenvalue weighted by Gasteiger charge is -2.29. The van der Waals surface area contributed by atoms with Gasteiger partial charge in [0.05, 0.1) is 25.7 Å². The SMILES string of the molecule is CN(Cc1ccc(N2CCOCC2)cc1)C(=O)/C=C/c1cn(CCC#N)c2ccccc12. The Morgan fingerprint density at radius 1 is 1.16 bits per heavy atom. The molecule has 1 aliphatic rings. The molecule has 6 heteroatoms. The van der Waals surface area contributed by atoms with Gasteiger partial charge in [0, 0.05) is 67.7 Å². The molecule has 0 unspecified atom stereocenters. The first-order chi connectivity index (χ1) is 15.7. The fourth-order valence-corrected chi connectivity index (χ4v) is 4.04. The molecular formula is C26H28N4O2. The Hall–Kier alpha value is -3.56. The van der Waals surface area contributed by atoms with Crippen LogP contribution >= 0.6 is 0 Å². The zero-order valence-electron chi connectivity index (χ0n) is 18.4. The smallest absolute Gasteiger partial charge is 0.246 e. The van der Waals surface area contributed by atoms with Crippen molar-refractivity contribution in [3.05, 3.63) is 71.9 Å². The van der Waals surface area contributed by atoms with Crippen LogP contribution in [0.15, 0.2) is 60.8 Å². The van der Waals surface area contributed by atoms with Gasteiger partial charge in [0.1, 0.15) is 0 Å². The molecule has 164 valence electrons. The van der Waals surface area contributed by atoms with Crippen LogP contribution in [0.4, 0.5) is 5.69 Å². The summed E-state index contributed by atoms with van der Waals surface area (Å²) in [5.74, 6) is -0.0453. The number of amides is 1. The number of aryl methyl sites for hydroxylation is 1. The van der Waals surface area contributed by atoms with E-state index in [-0.39, 0.29) is 5.91 Å². The zero-order valence-corrected chi connectivity index (χ0v) is 18.4. The maximum absolute atomic E-state index is 12.7. The van der Waals surface area contributed by atoms with E-state index in [4.69, 9.17) is 10.00 Å². The van der Waals surface area contributed by atoms with Gasteiger partial charge in [0.2, 0.25) is 5.91 Å². The first-order valence-corrected chi connectivity index (χ1v) is 11.0. The van der Waals surface area contributed by atoms with Crippen LogP contribution in [0.25, 0.3) is 17.0 Å². The molecule has 0 atom stereocenters. The molecule has 0 spiro atoms. The summed E-state index contributed by atoms with van der Waals surface area (Å²) in [6.07, 6.45) is 5.95. The number of hydrogen-bond acceptors (Lipinski definition) is 4. The average molecular weight is 429 g/mol. The fourth-order valence-electron chi connectivity index (χ4n) is 4.04. The molecule has 1 fully saturated rings. The first kappa shape index (κ1) is 21.7. The van der Waals surface area contributed by atoms with Crippen molar-refractivity contribution < 1.29 is 9.53 Å². The number of fused-ring (bicyclic) bond motifs is 1. The summed E-state index contributed by atoms with van der Waals surface area (Å²) < 4.78 is 7.49. The summed E-state index contributed by atoms with van der Waals surface area (Å²) in [6, 6.07) is 18.7. The highest BCUT2D eigenvalue weighted by Crippen LogP contribution is 2.23. The van der Waals surface area contributed by atoms with Gasteiger partial charge in [0.15, 0.2) is 0 Å². The Kier molecular flexibility index (Phi) is 6.88. The molecule has 0 bridgehead atoms. The van der Waals surface area contributed by atoms with E-state index in [2.05, 4.69) is 39.8 Å². The number of hydrogen-bond donors (Lipinski definition) is 0. The zero-order chi connectivity index (χ0) is 22.3. The summed E-state index contributed by atoms with van der Waals surface area (Å²) in [5, 5.41) is 9.99. The van der Waals surface area contributed by atoms with Crippen LogP contribution in [0, 0.1) is 11.3 Å². The average Bonchev–Trinajstić information content (AvgIpc) is 3.20. The summed E-state index contributed by atoms with van der Waals surface area (Å²) in [6.45, 7) is 4.55. The quantitative estimate of drug-likeness (QED) is 0.533. The number of rotatable bonds is 7. The molecule has 6 nitrogen and oxygen atoms in total. The number of morpholine rings is 1. The third-order valence-corrected chi connectivity index (χ3v) is 5.80. The number of carbonyl (C=O) groups is 1. The van der Waals surface area contributed by atoms with Crippen LogP contribution in [0.1, 0.15) is 17.5 Å². The second-order valence-electron chi connectivity index (χ2n) is 8.00. The maximum atomic E-state index is 12.7. The molecule has 1 aromatic heterocycles. The number of nitrogens with zero attached hydrogens (tertiary/aromatic N) is 4.